The zero-order chi connectivity index (χ0) is 22.7. The molecule has 1 aliphatic heterocycles. The van der Waals surface area contributed by atoms with Crippen molar-refractivity contribution in [1.82, 2.24) is 19.9 Å². The Labute approximate surface area is 189 Å². The number of piperidine rings is 1. The Hall–Kier alpha value is -3.28. The molecule has 6 heteroatoms. The van der Waals surface area contributed by atoms with Crippen LogP contribution in [-0.4, -0.2) is 46.0 Å². The van der Waals surface area contributed by atoms with Crippen LogP contribution in [0.1, 0.15) is 61.4 Å². The van der Waals surface area contributed by atoms with E-state index in [1.165, 1.54) is 0 Å². The summed E-state index contributed by atoms with van der Waals surface area (Å²) in [5.74, 6) is 1.87. The first-order chi connectivity index (χ1) is 15.4. The number of aromatic nitrogens is 3. The molecule has 2 aromatic heterocycles. The molecule has 0 spiro atoms. The molecule has 166 valence electrons. The minimum atomic E-state index is -0.130. The summed E-state index contributed by atoms with van der Waals surface area (Å²) >= 11 is 0. The van der Waals surface area contributed by atoms with E-state index in [0.717, 1.165) is 35.5 Å². The lowest BCUT2D eigenvalue weighted by Crippen LogP contribution is -2.38. The number of carbonyl (C=O) groups is 1. The van der Waals surface area contributed by atoms with Gasteiger partial charge in [-0.2, -0.15) is 0 Å². The zero-order valence-corrected chi connectivity index (χ0v) is 19.2. The first-order valence-corrected chi connectivity index (χ1v) is 11.1. The Morgan fingerprint density at radius 1 is 1.09 bits per heavy atom. The van der Waals surface area contributed by atoms with Gasteiger partial charge in [0.25, 0.3) is 5.91 Å². The average Bonchev–Trinajstić information content (AvgIpc) is 2.83. The number of methoxy groups -OCH3 is 1. The van der Waals surface area contributed by atoms with E-state index in [1.807, 2.05) is 41.4 Å². The third-order valence-electron chi connectivity index (χ3n) is 5.97. The lowest BCUT2D eigenvalue weighted by molar-refractivity contribution is 0.0711. The summed E-state index contributed by atoms with van der Waals surface area (Å²) in [5.41, 5.74) is 3.74. The predicted octanol–water partition coefficient (Wildman–Crippen LogP) is 4.86. The fourth-order valence-electron chi connectivity index (χ4n) is 4.12. The minimum absolute atomic E-state index is 0.0507. The number of rotatable bonds is 4. The van der Waals surface area contributed by atoms with E-state index in [9.17, 15) is 4.79 Å². The van der Waals surface area contributed by atoms with E-state index < -0.39 is 0 Å². The van der Waals surface area contributed by atoms with Crippen molar-refractivity contribution in [3.8, 4) is 16.9 Å². The molecule has 1 saturated heterocycles. The molecule has 0 aliphatic carbocycles. The Kier molecular flexibility index (Phi) is 6.21. The van der Waals surface area contributed by atoms with Gasteiger partial charge < -0.3 is 9.64 Å². The summed E-state index contributed by atoms with van der Waals surface area (Å²) in [6.07, 6.45) is 7.28. The van der Waals surface area contributed by atoms with Gasteiger partial charge in [-0.1, -0.05) is 26.8 Å². The zero-order valence-electron chi connectivity index (χ0n) is 19.2. The molecule has 32 heavy (non-hydrogen) atoms. The smallest absolute Gasteiger partial charge is 0.253 e. The van der Waals surface area contributed by atoms with Gasteiger partial charge in [0.2, 0.25) is 0 Å². The van der Waals surface area contributed by atoms with Gasteiger partial charge in [-0.3, -0.25) is 9.78 Å². The number of nitrogens with zero attached hydrogens (tertiary/aromatic N) is 4. The molecule has 1 amide bonds. The second-order valence-electron chi connectivity index (χ2n) is 9.28. The number of likely N-dealkylation sites (tertiary alicyclic amines) is 1. The summed E-state index contributed by atoms with van der Waals surface area (Å²) in [4.78, 5) is 28.8. The van der Waals surface area contributed by atoms with Crippen molar-refractivity contribution in [2.45, 2.75) is 44.9 Å². The molecule has 0 atom stereocenters. The number of pyridine rings is 1. The van der Waals surface area contributed by atoms with E-state index in [1.54, 1.807) is 25.6 Å². The van der Waals surface area contributed by atoms with E-state index in [4.69, 9.17) is 9.72 Å². The third kappa shape index (κ3) is 4.64. The van der Waals surface area contributed by atoms with Gasteiger partial charge in [0, 0.05) is 54.1 Å². The lowest BCUT2D eigenvalue weighted by Gasteiger charge is -2.33. The maximum absolute atomic E-state index is 13.0. The highest BCUT2D eigenvalue weighted by molar-refractivity contribution is 5.94. The van der Waals surface area contributed by atoms with Crippen LogP contribution in [0.4, 0.5) is 0 Å². The van der Waals surface area contributed by atoms with Crippen LogP contribution in [-0.2, 0) is 5.41 Å². The van der Waals surface area contributed by atoms with E-state index in [0.29, 0.717) is 24.4 Å². The second kappa shape index (κ2) is 9.07. The van der Waals surface area contributed by atoms with Crippen molar-refractivity contribution >= 4 is 5.91 Å². The Bertz CT molecular complexity index is 1080. The Balaban J connectivity index is 1.57. The molecule has 3 heterocycles. The number of benzene rings is 1. The summed E-state index contributed by atoms with van der Waals surface area (Å²) < 4.78 is 5.27. The van der Waals surface area contributed by atoms with Crippen LogP contribution in [0.15, 0.2) is 55.0 Å². The monoisotopic (exact) mass is 430 g/mol. The molecule has 0 bridgehead atoms. The number of hydrogen-bond acceptors (Lipinski definition) is 5. The molecule has 3 aromatic rings. The normalized spacial score (nSPS) is 14.9. The summed E-state index contributed by atoms with van der Waals surface area (Å²) in [5, 5.41) is 0. The standard InChI is InChI=1S/C26H30N4O2/c1-26(2,3)25-28-17-22(18-8-12-27-13-9-18)23(29-25)19-10-14-30(15-11-19)24(31)20-6-5-7-21(16-20)32-4/h5-9,12-13,16-17,19H,10-11,14-15H2,1-4H3. The fraction of sp³-hybridized carbons (Fsp3) is 0.385. The van der Waals surface area contributed by atoms with Gasteiger partial charge in [0.15, 0.2) is 0 Å². The first kappa shape index (κ1) is 21.9. The number of hydrogen-bond donors (Lipinski definition) is 0. The van der Waals surface area contributed by atoms with Crippen molar-refractivity contribution in [2.75, 3.05) is 20.2 Å². The van der Waals surface area contributed by atoms with Crippen LogP contribution in [0, 0.1) is 0 Å². The Morgan fingerprint density at radius 3 is 2.47 bits per heavy atom. The minimum Gasteiger partial charge on any atom is -0.497 e. The third-order valence-corrected chi connectivity index (χ3v) is 5.97. The van der Waals surface area contributed by atoms with Gasteiger partial charge in [-0.25, -0.2) is 9.97 Å². The van der Waals surface area contributed by atoms with E-state index in [2.05, 4.69) is 30.7 Å². The topological polar surface area (TPSA) is 68.2 Å². The highest BCUT2D eigenvalue weighted by Crippen LogP contribution is 2.35. The molecular formula is C26H30N4O2. The van der Waals surface area contributed by atoms with Crippen LogP contribution in [0.3, 0.4) is 0 Å². The van der Waals surface area contributed by atoms with E-state index >= 15 is 0 Å². The highest BCUT2D eigenvalue weighted by atomic mass is 16.5. The fourth-order valence-corrected chi connectivity index (χ4v) is 4.12. The van der Waals surface area contributed by atoms with Gasteiger partial charge in [-0.05, 0) is 48.7 Å². The summed E-state index contributed by atoms with van der Waals surface area (Å²) in [6, 6.07) is 11.4. The Morgan fingerprint density at radius 2 is 1.81 bits per heavy atom. The molecule has 1 aromatic carbocycles. The predicted molar refractivity (Wildman–Crippen MR) is 125 cm³/mol. The lowest BCUT2D eigenvalue weighted by atomic mass is 9.87. The molecule has 0 unspecified atom stereocenters. The van der Waals surface area contributed by atoms with Crippen molar-refractivity contribution in [3.05, 3.63) is 72.1 Å². The largest absolute Gasteiger partial charge is 0.497 e. The summed E-state index contributed by atoms with van der Waals surface area (Å²) in [6.45, 7) is 7.80. The maximum Gasteiger partial charge on any atom is 0.253 e. The molecular weight excluding hydrogens is 400 g/mol. The molecule has 6 nitrogen and oxygen atoms in total. The quantitative estimate of drug-likeness (QED) is 0.591. The number of amides is 1. The van der Waals surface area contributed by atoms with Crippen LogP contribution in [0.5, 0.6) is 5.75 Å². The van der Waals surface area contributed by atoms with Crippen molar-refractivity contribution < 1.29 is 9.53 Å². The van der Waals surface area contributed by atoms with Gasteiger partial charge >= 0.3 is 0 Å². The van der Waals surface area contributed by atoms with E-state index in [-0.39, 0.29) is 17.2 Å². The van der Waals surface area contributed by atoms with Crippen molar-refractivity contribution in [1.29, 1.82) is 0 Å². The van der Waals surface area contributed by atoms with Crippen LogP contribution in [0.2, 0.25) is 0 Å². The van der Waals surface area contributed by atoms with Gasteiger partial charge in [-0.15, -0.1) is 0 Å². The second-order valence-corrected chi connectivity index (χ2v) is 9.28. The van der Waals surface area contributed by atoms with Crippen LogP contribution < -0.4 is 4.74 Å². The van der Waals surface area contributed by atoms with Gasteiger partial charge in [0.05, 0.1) is 12.8 Å². The molecule has 1 aliphatic rings. The first-order valence-electron chi connectivity index (χ1n) is 11.1. The molecule has 0 radical (unpaired) electrons. The number of ether oxygens (including phenoxy) is 1. The van der Waals surface area contributed by atoms with Crippen molar-refractivity contribution in [2.24, 2.45) is 0 Å². The number of carbonyl (C=O) groups excluding carboxylic acids is 1. The average molecular weight is 431 g/mol. The SMILES string of the molecule is COc1cccc(C(=O)N2CCC(c3nc(C(C)(C)C)ncc3-c3ccncc3)CC2)c1. The molecule has 0 saturated carbocycles. The maximum atomic E-state index is 13.0. The van der Waals surface area contributed by atoms with Crippen LogP contribution in [0.25, 0.3) is 11.1 Å². The molecule has 1 fully saturated rings. The highest BCUT2D eigenvalue weighted by Gasteiger charge is 2.29. The van der Waals surface area contributed by atoms with Crippen LogP contribution >= 0.6 is 0 Å². The summed E-state index contributed by atoms with van der Waals surface area (Å²) in [7, 11) is 1.61. The van der Waals surface area contributed by atoms with Gasteiger partial charge in [0.1, 0.15) is 11.6 Å². The molecule has 0 N–H and O–H groups in total. The van der Waals surface area contributed by atoms with Crippen molar-refractivity contribution in [3.63, 3.8) is 0 Å². The molecule has 4 rings (SSSR count).